The van der Waals surface area contributed by atoms with Gasteiger partial charge in [-0.3, -0.25) is 9.59 Å². The largest absolute Gasteiger partial charge is 0.444 e. The Bertz CT molecular complexity index is 1810. The van der Waals surface area contributed by atoms with Gasteiger partial charge in [0.2, 0.25) is 11.7 Å². The van der Waals surface area contributed by atoms with Crippen molar-refractivity contribution in [1.29, 1.82) is 0 Å². The van der Waals surface area contributed by atoms with E-state index < -0.39 is 44.8 Å². The smallest absolute Gasteiger partial charge is 0.410 e. The summed E-state index contributed by atoms with van der Waals surface area (Å²) in [5, 5.41) is 6.94. The van der Waals surface area contributed by atoms with E-state index in [-0.39, 0.29) is 74.3 Å². The zero-order valence-corrected chi connectivity index (χ0v) is 27.8. The maximum atomic E-state index is 14.1. The van der Waals surface area contributed by atoms with Gasteiger partial charge in [-0.25, -0.2) is 4.79 Å². The highest BCUT2D eigenvalue weighted by molar-refractivity contribution is 8.45. The number of carbonyl (C=O) groups excluding carboxylic acids is 2. The molecule has 4 heterocycles. The summed E-state index contributed by atoms with van der Waals surface area (Å²) in [5.74, 6) is -0.416. The van der Waals surface area contributed by atoms with Crippen LogP contribution in [0.5, 0.6) is 0 Å². The number of hydrogen-bond acceptors (Lipinski definition) is 8. The molecule has 18 heteroatoms. The first-order chi connectivity index (χ1) is 22.2. The first-order valence-corrected chi connectivity index (χ1v) is 17.4. The van der Waals surface area contributed by atoms with E-state index in [1.54, 1.807) is 32.6 Å². The maximum Gasteiger partial charge on any atom is 0.410 e. The molecule has 2 aromatic heterocycles. The third-order valence-corrected chi connectivity index (χ3v) is 8.88. The molecule has 12 nitrogen and oxygen atoms in total. The lowest BCUT2D eigenvalue weighted by molar-refractivity contribution is -0.116. The second kappa shape index (κ2) is 12.0. The van der Waals surface area contributed by atoms with Crippen LogP contribution in [0, 0.1) is 0 Å². The molecule has 1 N–H and O–H groups in total. The van der Waals surface area contributed by atoms with E-state index >= 15 is 0 Å². The summed E-state index contributed by atoms with van der Waals surface area (Å²) < 4.78 is 79.7. The van der Waals surface area contributed by atoms with Gasteiger partial charge in [0.05, 0.1) is 12.3 Å². The quantitative estimate of drug-likeness (QED) is 0.298. The molecule has 48 heavy (non-hydrogen) atoms. The van der Waals surface area contributed by atoms with Gasteiger partial charge in [0.25, 0.3) is 5.56 Å². The van der Waals surface area contributed by atoms with Crippen molar-refractivity contribution < 1.29 is 38.5 Å². The van der Waals surface area contributed by atoms with Crippen molar-refractivity contribution in [3.63, 3.8) is 0 Å². The van der Waals surface area contributed by atoms with Crippen LogP contribution in [0.25, 0.3) is 11.4 Å². The topological polar surface area (TPSA) is 123 Å². The van der Waals surface area contributed by atoms with Crippen molar-refractivity contribution in [2.24, 2.45) is 0 Å². The molecule has 0 saturated carbocycles. The van der Waals surface area contributed by atoms with Crippen LogP contribution in [0.3, 0.4) is 0 Å². The highest BCUT2D eigenvalue weighted by Crippen LogP contribution is 3.02. The number of nitrogens with one attached hydrogen (secondary N) is 1. The summed E-state index contributed by atoms with van der Waals surface area (Å²) in [6.45, 7) is 8.50. The molecular formula is C30H38F5N7O5S. The van der Waals surface area contributed by atoms with Gasteiger partial charge in [0.1, 0.15) is 22.7 Å². The first kappa shape index (κ1) is 35.1. The maximum absolute atomic E-state index is 14.1. The third kappa shape index (κ3) is 7.91. The Morgan fingerprint density at radius 1 is 1.04 bits per heavy atom. The Hall–Kier alpha value is -4.19. The van der Waals surface area contributed by atoms with Crippen LogP contribution in [0.1, 0.15) is 52.1 Å². The lowest BCUT2D eigenvalue weighted by Gasteiger charge is -2.40. The molecule has 5 rings (SSSR count). The summed E-state index contributed by atoms with van der Waals surface area (Å²) in [6.07, 6.45) is 3.23. The first-order valence-electron chi connectivity index (χ1n) is 15.4. The van der Waals surface area contributed by atoms with Crippen LogP contribution in [-0.2, 0) is 27.2 Å². The molecule has 2 amide bonds. The SMILES string of the molecule is CCc1c(N2CCN(C(=O)OC(C)(C)C)CC2)c(=O)n2nc(C3=CCCCOC3)nc2n1CC(=O)Nc1ccc(S(F)(F)(F)(F)F)cc1. The molecular weight excluding hydrogens is 665 g/mol. The lowest BCUT2D eigenvalue weighted by Crippen LogP contribution is -2.51. The van der Waals surface area contributed by atoms with Gasteiger partial charge in [-0.15, -0.1) is 5.10 Å². The number of nitrogens with zero attached hydrogens (tertiary/aromatic N) is 6. The standard InChI is InChI=1S/C30H38F5N7O5S/c1-5-23-25(39-13-15-40(16-14-39)29(45)47-30(2,3)4)27(44)42-28(37-26(38-42)20-8-6-7-17-46-19-20)41(23)18-24(43)36-21-9-11-22(12-10-21)48(31,32,33,34)35/h8-12H,5-7,13-19H2,1-4H3,(H,36,43). The summed E-state index contributed by atoms with van der Waals surface area (Å²) in [5.41, 5.74) is 0.0604. The lowest BCUT2D eigenvalue weighted by atomic mass is 10.2. The van der Waals surface area contributed by atoms with Crippen LogP contribution in [0.4, 0.5) is 35.6 Å². The number of fused-ring (bicyclic) bond motifs is 1. The van der Waals surface area contributed by atoms with Crippen LogP contribution in [0.15, 0.2) is 40.0 Å². The predicted octanol–water partition coefficient (Wildman–Crippen LogP) is 6.00. The molecule has 1 saturated heterocycles. The molecule has 264 valence electrons. The van der Waals surface area contributed by atoms with Crippen LogP contribution in [-0.4, -0.2) is 81.1 Å². The molecule has 0 radical (unpaired) electrons. The van der Waals surface area contributed by atoms with Crippen LogP contribution < -0.4 is 15.8 Å². The minimum absolute atomic E-state index is 0.0551. The van der Waals surface area contributed by atoms with Crippen molar-refractivity contribution >= 4 is 44.9 Å². The van der Waals surface area contributed by atoms with E-state index in [9.17, 15) is 33.8 Å². The predicted molar refractivity (Wildman–Crippen MR) is 171 cm³/mol. The van der Waals surface area contributed by atoms with Gasteiger partial charge in [0, 0.05) is 44.0 Å². The molecule has 0 atom stereocenters. The fourth-order valence-corrected chi connectivity index (χ4v) is 6.15. The van der Waals surface area contributed by atoms with Crippen molar-refractivity contribution in [3.8, 4) is 0 Å². The average molecular weight is 704 g/mol. The summed E-state index contributed by atoms with van der Waals surface area (Å²) in [6, 6.07) is 1.93. The molecule has 1 fully saturated rings. The Morgan fingerprint density at radius 3 is 2.31 bits per heavy atom. The fourth-order valence-electron chi connectivity index (χ4n) is 5.50. The Morgan fingerprint density at radius 2 is 1.71 bits per heavy atom. The summed E-state index contributed by atoms with van der Waals surface area (Å²) in [7, 11) is -9.89. The number of anilines is 2. The van der Waals surface area contributed by atoms with Crippen molar-refractivity contribution in [1.82, 2.24) is 24.1 Å². The van der Waals surface area contributed by atoms with Gasteiger partial charge in [-0.1, -0.05) is 32.4 Å². The number of carbonyl (C=O) groups is 2. The fraction of sp³-hybridized carbons (Fsp3) is 0.500. The number of rotatable bonds is 7. The zero-order valence-electron chi connectivity index (χ0n) is 27.0. The van der Waals surface area contributed by atoms with E-state index in [0.717, 1.165) is 23.1 Å². The Labute approximate surface area is 273 Å². The van der Waals surface area contributed by atoms with E-state index in [2.05, 4.69) is 15.4 Å². The monoisotopic (exact) mass is 703 g/mol. The number of piperazine rings is 1. The van der Waals surface area contributed by atoms with Gasteiger partial charge in [-0.2, -0.15) is 9.50 Å². The number of halogens is 5. The van der Waals surface area contributed by atoms with E-state index in [4.69, 9.17) is 9.47 Å². The number of aromatic nitrogens is 4. The minimum atomic E-state index is -9.89. The molecule has 0 aliphatic carbocycles. The molecule has 0 spiro atoms. The van der Waals surface area contributed by atoms with Gasteiger partial charge >= 0.3 is 16.3 Å². The van der Waals surface area contributed by atoms with Gasteiger partial charge in [0.15, 0.2) is 5.82 Å². The Balaban J connectivity index is 1.50. The van der Waals surface area contributed by atoms with Crippen molar-refractivity contribution in [2.75, 3.05) is 49.6 Å². The second-order valence-corrected chi connectivity index (χ2v) is 15.0. The highest BCUT2D eigenvalue weighted by atomic mass is 32.5. The third-order valence-electron chi connectivity index (χ3n) is 7.72. The molecule has 0 bridgehead atoms. The number of benzene rings is 1. The minimum Gasteiger partial charge on any atom is -0.444 e. The number of ether oxygens (including phenoxy) is 2. The average Bonchev–Trinajstić information content (AvgIpc) is 3.25. The second-order valence-electron chi connectivity index (χ2n) is 12.6. The normalized spacial score (nSPS) is 17.7. The molecule has 3 aromatic rings. The number of hydrogen-bond donors (Lipinski definition) is 1. The zero-order chi connectivity index (χ0) is 35.1. The van der Waals surface area contributed by atoms with E-state index in [1.165, 1.54) is 4.57 Å². The van der Waals surface area contributed by atoms with E-state index in [0.29, 0.717) is 24.3 Å². The number of amides is 2. The molecule has 1 aromatic carbocycles. The van der Waals surface area contributed by atoms with Crippen molar-refractivity contribution in [2.45, 2.75) is 64.0 Å². The summed E-state index contributed by atoms with van der Waals surface area (Å²) in [4.78, 5) is 46.0. The summed E-state index contributed by atoms with van der Waals surface area (Å²) >= 11 is 0. The van der Waals surface area contributed by atoms with E-state index in [1.807, 2.05) is 11.0 Å². The molecule has 2 aliphatic rings. The molecule has 2 aliphatic heterocycles. The van der Waals surface area contributed by atoms with Gasteiger partial charge in [-0.05, 0) is 64.3 Å². The highest BCUT2D eigenvalue weighted by Gasteiger charge is 2.65. The Kier molecular flexibility index (Phi) is 8.82. The molecule has 0 unspecified atom stereocenters. The van der Waals surface area contributed by atoms with Crippen molar-refractivity contribution in [3.05, 3.63) is 52.2 Å². The van der Waals surface area contributed by atoms with Gasteiger partial charge < -0.3 is 29.2 Å². The van der Waals surface area contributed by atoms with Crippen LogP contribution in [0.2, 0.25) is 0 Å². The number of allylic oxidation sites excluding steroid dienone is 1. The van der Waals surface area contributed by atoms with Crippen LogP contribution >= 0.6 is 10.2 Å².